The summed E-state index contributed by atoms with van der Waals surface area (Å²) in [6.07, 6.45) is 2.55. The number of nitrogens with one attached hydrogen (secondary N) is 2. The van der Waals surface area contributed by atoms with Crippen LogP contribution in [-0.4, -0.2) is 20.1 Å². The molecule has 2 N–H and O–H groups in total. The lowest BCUT2D eigenvalue weighted by molar-refractivity contribution is 0.293. The normalized spacial score (nSPS) is 18.9. The molecule has 1 aliphatic rings. The summed E-state index contributed by atoms with van der Waals surface area (Å²) < 4.78 is 0. The Morgan fingerprint density at radius 1 is 1.06 bits per heavy atom. The third-order valence-electron chi connectivity index (χ3n) is 4.38. The van der Waals surface area contributed by atoms with E-state index in [9.17, 15) is 0 Å². The Hall–Kier alpha value is -0.860. The van der Waals surface area contributed by atoms with Crippen molar-refractivity contribution in [3.8, 4) is 0 Å². The van der Waals surface area contributed by atoms with Crippen molar-refractivity contribution >= 4 is 0 Å². The average Bonchev–Trinajstić information content (AvgIpc) is 2.38. The van der Waals surface area contributed by atoms with Crippen LogP contribution in [0.2, 0.25) is 0 Å². The molecule has 1 unspecified atom stereocenters. The van der Waals surface area contributed by atoms with Gasteiger partial charge in [-0.15, -0.1) is 0 Å². The highest BCUT2D eigenvalue weighted by Gasteiger charge is 2.24. The minimum Gasteiger partial charge on any atom is -0.317 e. The van der Waals surface area contributed by atoms with E-state index in [0.717, 1.165) is 19.0 Å². The first kappa shape index (κ1) is 13.6. The SMILES string of the molecule is CNC(c1cc(C)c(C)cc1C)C1CCNCC1. The molecule has 0 saturated carbocycles. The molecule has 0 spiro atoms. The number of rotatable bonds is 3. The third kappa shape index (κ3) is 2.76. The summed E-state index contributed by atoms with van der Waals surface area (Å²) in [7, 11) is 2.10. The molecule has 1 aromatic carbocycles. The van der Waals surface area contributed by atoms with Crippen LogP contribution in [-0.2, 0) is 0 Å². The van der Waals surface area contributed by atoms with Gasteiger partial charge in [0.05, 0.1) is 0 Å². The molecular formula is C16H26N2. The Morgan fingerprint density at radius 3 is 2.28 bits per heavy atom. The molecule has 1 fully saturated rings. The molecule has 0 radical (unpaired) electrons. The first-order valence-corrected chi connectivity index (χ1v) is 7.09. The standard InChI is InChI=1S/C16H26N2/c1-11-9-13(3)15(10-12(11)2)16(17-4)14-5-7-18-8-6-14/h9-10,14,16-18H,5-8H2,1-4H3. The fourth-order valence-electron chi connectivity index (χ4n) is 3.14. The van der Waals surface area contributed by atoms with Gasteiger partial charge in [0.25, 0.3) is 0 Å². The quantitative estimate of drug-likeness (QED) is 0.857. The van der Waals surface area contributed by atoms with Crippen LogP contribution in [0.5, 0.6) is 0 Å². The maximum atomic E-state index is 3.55. The molecule has 1 atom stereocenters. The molecular weight excluding hydrogens is 220 g/mol. The zero-order valence-electron chi connectivity index (χ0n) is 12.1. The van der Waals surface area contributed by atoms with Crippen molar-refractivity contribution in [3.63, 3.8) is 0 Å². The van der Waals surface area contributed by atoms with Gasteiger partial charge in [0.2, 0.25) is 0 Å². The van der Waals surface area contributed by atoms with Gasteiger partial charge >= 0.3 is 0 Å². The van der Waals surface area contributed by atoms with Gasteiger partial charge in [-0.2, -0.15) is 0 Å². The molecule has 2 heteroatoms. The van der Waals surface area contributed by atoms with Crippen LogP contribution in [0.1, 0.15) is 41.1 Å². The van der Waals surface area contributed by atoms with E-state index in [1.54, 1.807) is 0 Å². The van der Waals surface area contributed by atoms with Crippen molar-refractivity contribution in [2.75, 3.05) is 20.1 Å². The molecule has 0 aromatic heterocycles. The molecule has 0 aliphatic carbocycles. The van der Waals surface area contributed by atoms with Crippen LogP contribution in [0.25, 0.3) is 0 Å². The zero-order chi connectivity index (χ0) is 13.1. The Balaban J connectivity index is 2.28. The highest BCUT2D eigenvalue weighted by atomic mass is 14.9. The summed E-state index contributed by atoms with van der Waals surface area (Å²) in [5.74, 6) is 0.761. The predicted octanol–water partition coefficient (Wildman–Crippen LogP) is 2.87. The van der Waals surface area contributed by atoms with Crippen molar-refractivity contribution in [3.05, 3.63) is 34.4 Å². The molecule has 1 saturated heterocycles. The van der Waals surface area contributed by atoms with Crippen LogP contribution < -0.4 is 10.6 Å². The summed E-state index contributed by atoms with van der Waals surface area (Å²) >= 11 is 0. The van der Waals surface area contributed by atoms with Gasteiger partial charge in [-0.1, -0.05) is 12.1 Å². The second kappa shape index (κ2) is 5.85. The van der Waals surface area contributed by atoms with E-state index in [2.05, 4.69) is 50.6 Å². The molecule has 2 rings (SSSR count). The number of hydrogen-bond donors (Lipinski definition) is 2. The van der Waals surface area contributed by atoms with Gasteiger partial charge < -0.3 is 10.6 Å². The van der Waals surface area contributed by atoms with Crippen molar-refractivity contribution in [1.82, 2.24) is 10.6 Å². The van der Waals surface area contributed by atoms with Crippen molar-refractivity contribution in [2.45, 2.75) is 39.7 Å². The Morgan fingerprint density at radius 2 is 1.67 bits per heavy atom. The molecule has 1 aromatic rings. The molecule has 1 aliphatic heterocycles. The first-order valence-electron chi connectivity index (χ1n) is 7.09. The fraction of sp³-hybridized carbons (Fsp3) is 0.625. The number of piperidine rings is 1. The molecule has 0 amide bonds. The van der Waals surface area contributed by atoms with Crippen molar-refractivity contribution in [2.24, 2.45) is 5.92 Å². The highest BCUT2D eigenvalue weighted by molar-refractivity contribution is 5.38. The van der Waals surface area contributed by atoms with Crippen LogP contribution in [0, 0.1) is 26.7 Å². The molecule has 0 bridgehead atoms. The highest BCUT2D eigenvalue weighted by Crippen LogP contribution is 2.31. The van der Waals surface area contributed by atoms with E-state index in [4.69, 9.17) is 0 Å². The van der Waals surface area contributed by atoms with Gasteiger partial charge in [0.15, 0.2) is 0 Å². The second-order valence-electron chi connectivity index (χ2n) is 5.65. The number of hydrogen-bond acceptors (Lipinski definition) is 2. The maximum absolute atomic E-state index is 3.55. The summed E-state index contributed by atoms with van der Waals surface area (Å²) in [5.41, 5.74) is 5.73. The van der Waals surface area contributed by atoms with Crippen LogP contribution in [0.4, 0.5) is 0 Å². The van der Waals surface area contributed by atoms with E-state index in [0.29, 0.717) is 6.04 Å². The van der Waals surface area contributed by atoms with E-state index >= 15 is 0 Å². The van der Waals surface area contributed by atoms with E-state index in [1.807, 2.05) is 0 Å². The lowest BCUT2D eigenvalue weighted by Gasteiger charge is -2.32. The minimum atomic E-state index is 0.506. The Kier molecular flexibility index (Phi) is 4.41. The Labute approximate surface area is 111 Å². The van der Waals surface area contributed by atoms with Crippen molar-refractivity contribution in [1.29, 1.82) is 0 Å². The number of benzene rings is 1. The molecule has 18 heavy (non-hydrogen) atoms. The molecule has 2 nitrogen and oxygen atoms in total. The van der Waals surface area contributed by atoms with Crippen LogP contribution in [0.3, 0.4) is 0 Å². The fourth-order valence-corrected chi connectivity index (χ4v) is 3.14. The largest absolute Gasteiger partial charge is 0.317 e. The monoisotopic (exact) mass is 246 g/mol. The number of aryl methyl sites for hydroxylation is 3. The molecule has 100 valence electrons. The van der Waals surface area contributed by atoms with Gasteiger partial charge in [-0.05, 0) is 81.9 Å². The summed E-state index contributed by atoms with van der Waals surface area (Å²) in [6.45, 7) is 8.98. The maximum Gasteiger partial charge on any atom is 0.0349 e. The predicted molar refractivity (Wildman–Crippen MR) is 78.0 cm³/mol. The zero-order valence-corrected chi connectivity index (χ0v) is 12.1. The van der Waals surface area contributed by atoms with Gasteiger partial charge in [-0.25, -0.2) is 0 Å². The third-order valence-corrected chi connectivity index (χ3v) is 4.38. The smallest absolute Gasteiger partial charge is 0.0349 e. The second-order valence-corrected chi connectivity index (χ2v) is 5.65. The first-order chi connectivity index (χ1) is 8.63. The summed E-state index contributed by atoms with van der Waals surface area (Å²) in [6, 6.07) is 5.22. The van der Waals surface area contributed by atoms with Crippen LogP contribution in [0.15, 0.2) is 12.1 Å². The Bertz CT molecular complexity index is 406. The molecule has 1 heterocycles. The lowest BCUT2D eigenvalue weighted by atomic mass is 9.83. The minimum absolute atomic E-state index is 0.506. The van der Waals surface area contributed by atoms with E-state index in [-0.39, 0.29) is 0 Å². The summed E-state index contributed by atoms with van der Waals surface area (Å²) in [5, 5.41) is 7.00. The van der Waals surface area contributed by atoms with Crippen molar-refractivity contribution < 1.29 is 0 Å². The summed E-state index contributed by atoms with van der Waals surface area (Å²) in [4.78, 5) is 0. The van der Waals surface area contributed by atoms with E-state index in [1.165, 1.54) is 35.1 Å². The van der Waals surface area contributed by atoms with Crippen LogP contribution >= 0.6 is 0 Å². The van der Waals surface area contributed by atoms with Gasteiger partial charge in [0.1, 0.15) is 0 Å². The lowest BCUT2D eigenvalue weighted by Crippen LogP contribution is -2.35. The van der Waals surface area contributed by atoms with Gasteiger partial charge in [-0.3, -0.25) is 0 Å². The van der Waals surface area contributed by atoms with E-state index < -0.39 is 0 Å². The van der Waals surface area contributed by atoms with Gasteiger partial charge in [0, 0.05) is 6.04 Å². The topological polar surface area (TPSA) is 24.1 Å². The average molecular weight is 246 g/mol.